The molecule has 0 aromatic rings. The fourth-order valence-electron chi connectivity index (χ4n) is 3.74. The third-order valence-electron chi connectivity index (χ3n) is 5.12. The molecule has 0 amide bonds. The van der Waals surface area contributed by atoms with E-state index in [4.69, 9.17) is 4.74 Å². The molecule has 2 aliphatic heterocycles. The fraction of sp³-hybridized carbons (Fsp3) is 0.938. The van der Waals surface area contributed by atoms with Crippen LogP contribution in [0.5, 0.6) is 0 Å². The van der Waals surface area contributed by atoms with Crippen molar-refractivity contribution in [3.05, 3.63) is 0 Å². The largest absolute Gasteiger partial charge is 0.468 e. The molecule has 0 aromatic carbocycles. The summed E-state index contributed by atoms with van der Waals surface area (Å²) < 4.78 is 4.95. The molecule has 2 atom stereocenters. The maximum Gasteiger partial charge on any atom is 0.322 e. The Labute approximate surface area is 128 Å². The second-order valence-electron chi connectivity index (χ2n) is 6.79. The van der Waals surface area contributed by atoms with Crippen LogP contribution in [0.1, 0.15) is 38.5 Å². The van der Waals surface area contributed by atoms with Gasteiger partial charge in [0.25, 0.3) is 0 Å². The molecule has 5 nitrogen and oxygen atoms in total. The Morgan fingerprint density at radius 2 is 2.05 bits per heavy atom. The van der Waals surface area contributed by atoms with Gasteiger partial charge in [-0.2, -0.15) is 0 Å². The van der Waals surface area contributed by atoms with Gasteiger partial charge >= 0.3 is 5.97 Å². The second-order valence-corrected chi connectivity index (χ2v) is 6.79. The number of esters is 1. The zero-order valence-electron chi connectivity index (χ0n) is 13.2. The third-order valence-corrected chi connectivity index (χ3v) is 5.12. The summed E-state index contributed by atoms with van der Waals surface area (Å²) in [7, 11) is 1.49. The summed E-state index contributed by atoms with van der Waals surface area (Å²) in [6.07, 6.45) is 7.23. The lowest BCUT2D eigenvalue weighted by atomic mass is 10.1. The normalized spacial score (nSPS) is 28.9. The van der Waals surface area contributed by atoms with Gasteiger partial charge in [-0.3, -0.25) is 9.69 Å². The molecule has 21 heavy (non-hydrogen) atoms. The van der Waals surface area contributed by atoms with E-state index in [2.05, 4.69) is 15.1 Å². The van der Waals surface area contributed by atoms with Gasteiger partial charge in [-0.25, -0.2) is 0 Å². The predicted octanol–water partition coefficient (Wildman–Crippen LogP) is 0.840. The van der Waals surface area contributed by atoms with Gasteiger partial charge in [0, 0.05) is 25.2 Å². The van der Waals surface area contributed by atoms with Crippen molar-refractivity contribution in [1.82, 2.24) is 15.1 Å². The molecule has 3 fully saturated rings. The van der Waals surface area contributed by atoms with Crippen LogP contribution in [0.15, 0.2) is 0 Å². The second kappa shape index (κ2) is 7.07. The number of nitrogens with one attached hydrogen (secondary N) is 1. The molecule has 3 aliphatic rings. The first-order chi connectivity index (χ1) is 10.3. The van der Waals surface area contributed by atoms with E-state index in [0.29, 0.717) is 6.04 Å². The Kier molecular flexibility index (Phi) is 5.14. The molecule has 3 rings (SSSR count). The molecule has 2 heterocycles. The highest BCUT2D eigenvalue weighted by atomic mass is 16.5. The summed E-state index contributed by atoms with van der Waals surface area (Å²) in [5, 5.41) is 3.43. The summed E-state index contributed by atoms with van der Waals surface area (Å²) in [6.45, 7) is 5.89. The molecule has 0 aromatic heterocycles. The highest BCUT2D eigenvalue weighted by Crippen LogP contribution is 2.22. The van der Waals surface area contributed by atoms with E-state index in [-0.39, 0.29) is 12.0 Å². The number of fused-ring (bicyclic) bond motifs is 1. The highest BCUT2D eigenvalue weighted by molar-refractivity contribution is 5.75. The van der Waals surface area contributed by atoms with Crippen molar-refractivity contribution in [2.75, 3.05) is 39.8 Å². The highest BCUT2D eigenvalue weighted by Gasteiger charge is 2.31. The Hall–Kier alpha value is -0.650. The summed E-state index contributed by atoms with van der Waals surface area (Å²) in [6, 6.07) is 1.18. The van der Waals surface area contributed by atoms with Crippen LogP contribution in [0.2, 0.25) is 0 Å². The van der Waals surface area contributed by atoms with E-state index >= 15 is 0 Å². The monoisotopic (exact) mass is 295 g/mol. The van der Waals surface area contributed by atoms with E-state index < -0.39 is 0 Å². The smallest absolute Gasteiger partial charge is 0.322 e. The molecule has 0 radical (unpaired) electrons. The van der Waals surface area contributed by atoms with Crippen LogP contribution in [-0.2, 0) is 9.53 Å². The standard InChI is InChI=1S/C16H29N3O2/c1-21-16(20)15(17-13-5-6-13)7-11-18-8-3-10-19-9-2-4-14(19)12-18/h13-15,17H,2-12H2,1H3. The molecule has 1 aliphatic carbocycles. The van der Waals surface area contributed by atoms with Crippen LogP contribution in [-0.4, -0.2) is 73.7 Å². The lowest BCUT2D eigenvalue weighted by molar-refractivity contribution is -0.143. The number of methoxy groups -OCH3 is 1. The van der Waals surface area contributed by atoms with Crippen LogP contribution < -0.4 is 5.32 Å². The summed E-state index contributed by atoms with van der Waals surface area (Å²) in [5.74, 6) is -0.0979. The lowest BCUT2D eigenvalue weighted by Gasteiger charge is -2.27. The Morgan fingerprint density at radius 3 is 2.81 bits per heavy atom. The van der Waals surface area contributed by atoms with E-state index in [9.17, 15) is 4.79 Å². The molecule has 2 saturated heterocycles. The average Bonchev–Trinajstić information content (AvgIpc) is 3.25. The molecule has 1 N–H and O–H groups in total. The van der Waals surface area contributed by atoms with Crippen molar-refractivity contribution in [2.24, 2.45) is 0 Å². The summed E-state index contributed by atoms with van der Waals surface area (Å²) in [5.41, 5.74) is 0. The van der Waals surface area contributed by atoms with Gasteiger partial charge in [0.05, 0.1) is 7.11 Å². The SMILES string of the molecule is COC(=O)C(CCN1CCCN2CCCC2C1)NC1CC1. The molecule has 5 heteroatoms. The van der Waals surface area contributed by atoms with Gasteiger partial charge in [0.1, 0.15) is 6.04 Å². The van der Waals surface area contributed by atoms with Crippen molar-refractivity contribution >= 4 is 5.97 Å². The third kappa shape index (κ3) is 4.18. The lowest BCUT2D eigenvalue weighted by Crippen LogP contribution is -2.43. The van der Waals surface area contributed by atoms with Crippen molar-refractivity contribution < 1.29 is 9.53 Å². The topological polar surface area (TPSA) is 44.8 Å². The number of hydrogen-bond donors (Lipinski definition) is 1. The molecular formula is C16H29N3O2. The predicted molar refractivity (Wildman–Crippen MR) is 82.2 cm³/mol. The number of rotatable bonds is 6. The number of carbonyl (C=O) groups excluding carboxylic acids is 1. The van der Waals surface area contributed by atoms with Crippen molar-refractivity contribution in [3.8, 4) is 0 Å². The molecule has 0 spiro atoms. The van der Waals surface area contributed by atoms with Gasteiger partial charge in [0.2, 0.25) is 0 Å². The maximum absolute atomic E-state index is 11.9. The molecule has 0 bridgehead atoms. The van der Waals surface area contributed by atoms with Crippen molar-refractivity contribution in [3.63, 3.8) is 0 Å². The Bertz CT molecular complexity index is 359. The summed E-state index contributed by atoms with van der Waals surface area (Å²) in [4.78, 5) is 17.1. The Morgan fingerprint density at radius 1 is 1.24 bits per heavy atom. The first kappa shape index (κ1) is 15.3. The fourth-order valence-corrected chi connectivity index (χ4v) is 3.74. The van der Waals surface area contributed by atoms with Crippen molar-refractivity contribution in [1.29, 1.82) is 0 Å². The van der Waals surface area contributed by atoms with E-state index in [1.54, 1.807) is 0 Å². The molecular weight excluding hydrogens is 266 g/mol. The number of hydrogen-bond acceptors (Lipinski definition) is 5. The van der Waals surface area contributed by atoms with Gasteiger partial charge < -0.3 is 15.0 Å². The maximum atomic E-state index is 11.9. The number of nitrogens with zero attached hydrogens (tertiary/aromatic N) is 2. The van der Waals surface area contributed by atoms with Crippen LogP contribution in [0, 0.1) is 0 Å². The minimum atomic E-state index is -0.120. The first-order valence-electron chi connectivity index (χ1n) is 8.56. The molecule has 120 valence electrons. The average molecular weight is 295 g/mol. The minimum absolute atomic E-state index is 0.0979. The summed E-state index contributed by atoms with van der Waals surface area (Å²) >= 11 is 0. The van der Waals surface area contributed by atoms with E-state index in [1.807, 2.05) is 0 Å². The quantitative estimate of drug-likeness (QED) is 0.736. The van der Waals surface area contributed by atoms with Gasteiger partial charge in [-0.15, -0.1) is 0 Å². The van der Waals surface area contributed by atoms with Crippen LogP contribution >= 0.6 is 0 Å². The zero-order chi connectivity index (χ0) is 14.7. The van der Waals surface area contributed by atoms with E-state index in [0.717, 1.165) is 19.0 Å². The van der Waals surface area contributed by atoms with Crippen LogP contribution in [0.4, 0.5) is 0 Å². The van der Waals surface area contributed by atoms with Gasteiger partial charge in [0.15, 0.2) is 0 Å². The van der Waals surface area contributed by atoms with Crippen LogP contribution in [0.25, 0.3) is 0 Å². The van der Waals surface area contributed by atoms with Crippen molar-refractivity contribution in [2.45, 2.75) is 56.7 Å². The number of ether oxygens (including phenoxy) is 1. The Balaban J connectivity index is 1.48. The molecule has 2 unspecified atom stereocenters. The van der Waals surface area contributed by atoms with Crippen LogP contribution in [0.3, 0.4) is 0 Å². The van der Waals surface area contributed by atoms with Gasteiger partial charge in [-0.05, 0) is 58.2 Å². The first-order valence-corrected chi connectivity index (χ1v) is 8.56. The molecule has 1 saturated carbocycles. The zero-order valence-corrected chi connectivity index (χ0v) is 13.2. The number of carbonyl (C=O) groups is 1. The van der Waals surface area contributed by atoms with E-state index in [1.165, 1.54) is 65.4 Å². The minimum Gasteiger partial charge on any atom is -0.468 e. The van der Waals surface area contributed by atoms with Gasteiger partial charge in [-0.1, -0.05) is 0 Å².